The minimum Gasteiger partial charge on any atom is -0.322 e. The lowest BCUT2D eigenvalue weighted by molar-refractivity contribution is 0.102. The predicted octanol–water partition coefficient (Wildman–Crippen LogP) is 7.06. The number of aromatic nitrogens is 1. The molecule has 0 fully saturated rings. The number of hydrogen-bond donors (Lipinski definition) is 1. The Morgan fingerprint density at radius 1 is 0.594 bits per heavy atom. The fourth-order valence-electron chi connectivity index (χ4n) is 3.95. The second kappa shape index (κ2) is 8.78. The molecule has 0 aliphatic heterocycles. The molecule has 32 heavy (non-hydrogen) atoms. The van der Waals surface area contributed by atoms with Crippen molar-refractivity contribution in [3.63, 3.8) is 0 Å². The number of amides is 1. The first kappa shape index (κ1) is 19.6. The number of carbonyl (C=O) groups excluding carboxylic acids is 1. The molecule has 0 aliphatic carbocycles. The number of anilines is 1. The molecule has 5 rings (SSSR count). The Morgan fingerprint density at radius 3 is 1.69 bits per heavy atom. The smallest absolute Gasteiger partial charge is 0.257 e. The van der Waals surface area contributed by atoms with Crippen LogP contribution in [0.2, 0.25) is 0 Å². The van der Waals surface area contributed by atoms with E-state index in [1.165, 1.54) is 0 Å². The van der Waals surface area contributed by atoms with E-state index < -0.39 is 0 Å². The quantitative estimate of drug-likeness (QED) is 0.328. The normalized spacial score (nSPS) is 10.6. The van der Waals surface area contributed by atoms with Gasteiger partial charge >= 0.3 is 0 Å². The van der Waals surface area contributed by atoms with E-state index in [9.17, 15) is 4.79 Å². The van der Waals surface area contributed by atoms with Crippen LogP contribution < -0.4 is 5.32 Å². The molecule has 0 saturated carbocycles. The van der Waals surface area contributed by atoms with Crippen molar-refractivity contribution in [1.29, 1.82) is 0 Å². The molecule has 1 N–H and O–H groups in total. The van der Waals surface area contributed by atoms with Gasteiger partial charge in [-0.15, -0.1) is 0 Å². The molecule has 5 aromatic rings. The highest BCUT2D eigenvalue weighted by Crippen LogP contribution is 2.36. The number of nitrogens with zero attached hydrogens (tertiary/aromatic N) is 1. The Morgan fingerprint density at radius 2 is 1.09 bits per heavy atom. The molecule has 0 saturated heterocycles. The van der Waals surface area contributed by atoms with Crippen molar-refractivity contribution >= 4 is 11.6 Å². The summed E-state index contributed by atoms with van der Waals surface area (Å²) in [5.41, 5.74) is 6.26. The average molecular weight is 415 g/mol. The van der Waals surface area contributed by atoms with Gasteiger partial charge in [0.2, 0.25) is 0 Å². The number of carbonyl (C=O) groups is 1. The lowest BCUT2D eigenvalue weighted by Crippen LogP contribution is -2.13. The van der Waals surface area contributed by atoms with Crippen LogP contribution in [0.1, 0.15) is 10.4 Å². The number of para-hydroxylation sites is 2. The summed E-state index contributed by atoms with van der Waals surface area (Å²) in [5.74, 6) is -0.137. The van der Waals surface area contributed by atoms with E-state index in [1.54, 1.807) is 0 Å². The van der Waals surface area contributed by atoms with Crippen LogP contribution in [0.3, 0.4) is 0 Å². The predicted molar refractivity (Wildman–Crippen MR) is 131 cm³/mol. The van der Waals surface area contributed by atoms with Gasteiger partial charge in [0, 0.05) is 11.4 Å². The van der Waals surface area contributed by atoms with Crippen LogP contribution in [-0.4, -0.2) is 10.5 Å². The first-order valence-corrected chi connectivity index (χ1v) is 10.6. The summed E-state index contributed by atoms with van der Waals surface area (Å²) in [6.45, 7) is 0. The first-order chi connectivity index (χ1) is 15.8. The van der Waals surface area contributed by atoms with E-state index >= 15 is 0 Å². The van der Waals surface area contributed by atoms with Crippen LogP contribution in [0.4, 0.5) is 5.69 Å². The topological polar surface area (TPSA) is 34.0 Å². The highest BCUT2D eigenvalue weighted by molar-refractivity contribution is 6.09. The molecule has 0 spiro atoms. The molecule has 3 nitrogen and oxygen atoms in total. The molecule has 3 heteroatoms. The van der Waals surface area contributed by atoms with Crippen molar-refractivity contribution in [2.75, 3.05) is 5.32 Å². The lowest BCUT2D eigenvalue weighted by Gasteiger charge is -2.15. The molecule has 4 aromatic carbocycles. The molecule has 0 radical (unpaired) electrons. The Bertz CT molecular complexity index is 1330. The minimum absolute atomic E-state index is 0.137. The van der Waals surface area contributed by atoms with E-state index in [2.05, 4.69) is 34.1 Å². The molecule has 1 aromatic heterocycles. The van der Waals surface area contributed by atoms with Gasteiger partial charge in [-0.2, -0.15) is 0 Å². The standard InChI is InChI=1S/C29H22N2O/c32-29(30-24-17-9-3-10-18-24)26-21-27(22-13-5-1-6-14-22)31(25-19-11-4-12-20-25)28(26)23-15-7-2-8-16-23/h1-21H,(H,30,32). The maximum Gasteiger partial charge on any atom is 0.257 e. The third-order valence-electron chi connectivity index (χ3n) is 5.41. The van der Waals surface area contributed by atoms with Gasteiger partial charge in [0.1, 0.15) is 0 Å². The van der Waals surface area contributed by atoms with Gasteiger partial charge in [-0.1, -0.05) is 97.1 Å². The van der Waals surface area contributed by atoms with Crippen LogP contribution >= 0.6 is 0 Å². The van der Waals surface area contributed by atoms with Gasteiger partial charge in [-0.25, -0.2) is 0 Å². The van der Waals surface area contributed by atoms with Crippen molar-refractivity contribution in [3.05, 3.63) is 133 Å². The number of benzene rings is 4. The fourth-order valence-corrected chi connectivity index (χ4v) is 3.95. The SMILES string of the molecule is O=C(Nc1ccccc1)c1cc(-c2ccccc2)n(-c2ccccc2)c1-c1ccccc1. The van der Waals surface area contributed by atoms with E-state index in [-0.39, 0.29) is 5.91 Å². The number of nitrogens with one attached hydrogen (secondary N) is 1. The first-order valence-electron chi connectivity index (χ1n) is 10.6. The Labute approximate surface area is 187 Å². The van der Waals surface area contributed by atoms with E-state index in [0.29, 0.717) is 5.56 Å². The number of hydrogen-bond acceptors (Lipinski definition) is 1. The molecule has 1 heterocycles. The van der Waals surface area contributed by atoms with Crippen LogP contribution in [0.5, 0.6) is 0 Å². The van der Waals surface area contributed by atoms with Crippen LogP contribution in [-0.2, 0) is 0 Å². The van der Waals surface area contributed by atoms with E-state index in [1.807, 2.05) is 103 Å². The Hall–Kier alpha value is -4.37. The second-order valence-corrected chi connectivity index (χ2v) is 7.52. The maximum absolute atomic E-state index is 13.5. The molecular weight excluding hydrogens is 392 g/mol. The van der Waals surface area contributed by atoms with Gasteiger partial charge in [0.15, 0.2) is 0 Å². The minimum atomic E-state index is -0.137. The fraction of sp³-hybridized carbons (Fsp3) is 0. The highest BCUT2D eigenvalue weighted by Gasteiger charge is 2.23. The van der Waals surface area contributed by atoms with Gasteiger partial charge < -0.3 is 9.88 Å². The van der Waals surface area contributed by atoms with Crippen LogP contribution in [0.15, 0.2) is 127 Å². The second-order valence-electron chi connectivity index (χ2n) is 7.52. The molecule has 0 unspecified atom stereocenters. The maximum atomic E-state index is 13.5. The molecule has 1 amide bonds. The van der Waals surface area contributed by atoms with Crippen molar-refractivity contribution in [2.45, 2.75) is 0 Å². The van der Waals surface area contributed by atoms with Crippen LogP contribution in [0.25, 0.3) is 28.2 Å². The zero-order chi connectivity index (χ0) is 21.8. The van der Waals surface area contributed by atoms with Crippen molar-refractivity contribution < 1.29 is 4.79 Å². The summed E-state index contributed by atoms with van der Waals surface area (Å²) in [6, 6.07) is 42.0. The lowest BCUT2D eigenvalue weighted by atomic mass is 10.1. The van der Waals surface area contributed by atoms with E-state index in [4.69, 9.17) is 0 Å². The molecule has 154 valence electrons. The van der Waals surface area contributed by atoms with Crippen molar-refractivity contribution in [3.8, 4) is 28.2 Å². The van der Waals surface area contributed by atoms with Gasteiger partial charge in [-0.05, 0) is 41.5 Å². The Kier molecular flexibility index (Phi) is 5.38. The van der Waals surface area contributed by atoms with Gasteiger partial charge in [0.25, 0.3) is 5.91 Å². The third-order valence-corrected chi connectivity index (χ3v) is 5.41. The van der Waals surface area contributed by atoms with Crippen molar-refractivity contribution in [1.82, 2.24) is 4.57 Å². The summed E-state index contributed by atoms with van der Waals surface area (Å²) in [4.78, 5) is 13.5. The largest absolute Gasteiger partial charge is 0.322 e. The summed E-state index contributed by atoms with van der Waals surface area (Å²) in [7, 11) is 0. The molecular formula is C29H22N2O. The van der Waals surface area contributed by atoms with E-state index in [0.717, 1.165) is 33.9 Å². The zero-order valence-electron chi connectivity index (χ0n) is 17.5. The summed E-state index contributed by atoms with van der Waals surface area (Å²) in [6.07, 6.45) is 0. The third kappa shape index (κ3) is 3.84. The molecule has 0 aliphatic rings. The summed E-state index contributed by atoms with van der Waals surface area (Å²) < 4.78 is 2.17. The summed E-state index contributed by atoms with van der Waals surface area (Å²) >= 11 is 0. The summed E-state index contributed by atoms with van der Waals surface area (Å²) in [5, 5.41) is 3.06. The average Bonchev–Trinajstić information content (AvgIpc) is 3.27. The molecule has 0 atom stereocenters. The zero-order valence-corrected chi connectivity index (χ0v) is 17.5. The molecule has 0 bridgehead atoms. The Balaban J connectivity index is 1.76. The van der Waals surface area contributed by atoms with Gasteiger partial charge in [0.05, 0.1) is 17.0 Å². The van der Waals surface area contributed by atoms with Gasteiger partial charge in [-0.3, -0.25) is 4.79 Å². The van der Waals surface area contributed by atoms with Crippen LogP contribution in [0, 0.1) is 0 Å². The number of rotatable bonds is 5. The monoisotopic (exact) mass is 414 g/mol. The highest BCUT2D eigenvalue weighted by atomic mass is 16.1. The van der Waals surface area contributed by atoms with Crippen molar-refractivity contribution in [2.24, 2.45) is 0 Å².